The second kappa shape index (κ2) is 6.54. The average molecular weight is 280 g/mol. The second-order valence-electron chi connectivity index (χ2n) is 3.84. The molecule has 0 unspecified atom stereocenters. The van der Waals surface area contributed by atoms with Crippen LogP contribution in [0.2, 0.25) is 10.0 Å². The molecule has 17 heavy (non-hydrogen) atoms. The average Bonchev–Trinajstić information content (AvgIpc) is 2.35. The molecule has 0 amide bonds. The van der Waals surface area contributed by atoms with Gasteiger partial charge in [-0.05, 0) is 23.8 Å². The summed E-state index contributed by atoms with van der Waals surface area (Å²) < 4.78 is 0. The van der Waals surface area contributed by atoms with Crippen LogP contribution in [-0.2, 0) is 6.54 Å². The Balaban J connectivity index is 2.75. The molecule has 1 rings (SSSR count). The van der Waals surface area contributed by atoms with E-state index in [0.717, 1.165) is 5.56 Å². The highest BCUT2D eigenvalue weighted by Gasteiger charge is 2.27. The van der Waals surface area contributed by atoms with Crippen LogP contribution in [0.15, 0.2) is 18.2 Å². The minimum atomic E-state index is -1.12. The van der Waals surface area contributed by atoms with Crippen molar-refractivity contribution < 1.29 is 15.3 Å². The van der Waals surface area contributed by atoms with E-state index >= 15 is 0 Å². The third-order valence-electron chi connectivity index (χ3n) is 2.57. The van der Waals surface area contributed by atoms with Gasteiger partial charge in [-0.2, -0.15) is 0 Å². The molecular formula is C11H15Cl2NO3. The van der Waals surface area contributed by atoms with Gasteiger partial charge in [0.05, 0.1) is 25.4 Å². The molecule has 0 fully saturated rings. The van der Waals surface area contributed by atoms with Crippen molar-refractivity contribution in [3.05, 3.63) is 33.8 Å². The van der Waals surface area contributed by atoms with Gasteiger partial charge in [0.15, 0.2) is 0 Å². The van der Waals surface area contributed by atoms with E-state index in [1.807, 2.05) is 0 Å². The number of nitrogens with one attached hydrogen (secondary N) is 1. The number of aliphatic hydroxyl groups excluding tert-OH is 3. The number of hydrogen-bond acceptors (Lipinski definition) is 4. The van der Waals surface area contributed by atoms with Gasteiger partial charge in [-0.15, -0.1) is 0 Å². The van der Waals surface area contributed by atoms with Gasteiger partial charge in [0, 0.05) is 16.6 Å². The van der Waals surface area contributed by atoms with Crippen LogP contribution in [0.1, 0.15) is 5.56 Å². The molecule has 0 spiro atoms. The van der Waals surface area contributed by atoms with E-state index in [4.69, 9.17) is 38.5 Å². The summed E-state index contributed by atoms with van der Waals surface area (Å²) in [6.45, 7) is -0.838. The zero-order chi connectivity index (χ0) is 12.9. The Morgan fingerprint density at radius 3 is 2.18 bits per heavy atom. The fraction of sp³-hybridized carbons (Fsp3) is 0.455. The smallest absolute Gasteiger partial charge is 0.0884 e. The summed E-state index contributed by atoms with van der Waals surface area (Å²) in [4.78, 5) is 0. The fourth-order valence-corrected chi connectivity index (χ4v) is 1.66. The minimum Gasteiger partial charge on any atom is -0.394 e. The van der Waals surface area contributed by atoms with Crippen LogP contribution in [0.5, 0.6) is 0 Å². The Morgan fingerprint density at radius 2 is 1.65 bits per heavy atom. The maximum absolute atomic E-state index is 9.14. The molecule has 6 heteroatoms. The SMILES string of the molecule is OCC(CO)(CO)NCc1cc(Cl)ccc1Cl. The van der Waals surface area contributed by atoms with Crippen LogP contribution in [0.3, 0.4) is 0 Å². The van der Waals surface area contributed by atoms with Gasteiger partial charge in [-0.3, -0.25) is 0 Å². The fourth-order valence-electron chi connectivity index (χ4n) is 1.28. The third kappa shape index (κ3) is 3.81. The normalized spacial score (nSPS) is 11.8. The van der Waals surface area contributed by atoms with Gasteiger partial charge in [0.2, 0.25) is 0 Å². The highest BCUT2D eigenvalue weighted by Crippen LogP contribution is 2.21. The molecule has 0 saturated heterocycles. The topological polar surface area (TPSA) is 72.7 Å². The molecule has 0 aliphatic carbocycles. The molecule has 0 aliphatic heterocycles. The standard InChI is InChI=1S/C11H15Cl2NO3/c12-9-1-2-10(13)8(3-9)4-14-11(5-15,6-16)7-17/h1-3,14-17H,4-7H2. The van der Waals surface area contributed by atoms with Crippen LogP contribution in [-0.4, -0.2) is 40.7 Å². The maximum atomic E-state index is 9.14. The van der Waals surface area contributed by atoms with Crippen LogP contribution in [0.25, 0.3) is 0 Å². The van der Waals surface area contributed by atoms with Gasteiger partial charge in [0.25, 0.3) is 0 Å². The van der Waals surface area contributed by atoms with E-state index < -0.39 is 5.54 Å². The first-order chi connectivity index (χ1) is 8.06. The lowest BCUT2D eigenvalue weighted by Gasteiger charge is -2.29. The Morgan fingerprint density at radius 1 is 1.06 bits per heavy atom. The highest BCUT2D eigenvalue weighted by atomic mass is 35.5. The molecule has 1 aromatic rings. The number of benzene rings is 1. The molecule has 0 bridgehead atoms. The van der Waals surface area contributed by atoms with Gasteiger partial charge in [-0.1, -0.05) is 23.2 Å². The van der Waals surface area contributed by atoms with Crippen molar-refractivity contribution in [2.75, 3.05) is 19.8 Å². The Hall–Kier alpha value is -0.360. The Kier molecular flexibility index (Phi) is 5.66. The molecule has 4 nitrogen and oxygen atoms in total. The first-order valence-electron chi connectivity index (χ1n) is 5.08. The Bertz CT molecular complexity index is 361. The number of hydrogen-bond donors (Lipinski definition) is 4. The Labute approximate surface area is 110 Å². The summed E-state index contributed by atoms with van der Waals surface area (Å²) >= 11 is 11.8. The number of rotatable bonds is 6. The summed E-state index contributed by atoms with van der Waals surface area (Å²) in [6.07, 6.45) is 0. The van der Waals surface area contributed by atoms with E-state index in [0.29, 0.717) is 16.6 Å². The summed E-state index contributed by atoms with van der Waals surface area (Å²) in [5.41, 5.74) is -0.384. The van der Waals surface area contributed by atoms with Crippen molar-refractivity contribution >= 4 is 23.2 Å². The molecule has 4 N–H and O–H groups in total. The molecule has 0 heterocycles. The van der Waals surface area contributed by atoms with Crippen LogP contribution >= 0.6 is 23.2 Å². The van der Waals surface area contributed by atoms with Crippen molar-refractivity contribution in [2.24, 2.45) is 0 Å². The summed E-state index contributed by atoms with van der Waals surface area (Å²) in [7, 11) is 0. The van der Waals surface area contributed by atoms with Gasteiger partial charge in [-0.25, -0.2) is 0 Å². The molecule has 0 aromatic heterocycles. The van der Waals surface area contributed by atoms with E-state index in [2.05, 4.69) is 5.32 Å². The number of aliphatic hydroxyl groups is 3. The molecule has 0 aliphatic rings. The van der Waals surface area contributed by atoms with E-state index in [-0.39, 0.29) is 19.8 Å². The predicted molar refractivity (Wildman–Crippen MR) is 67.3 cm³/mol. The minimum absolute atomic E-state index is 0.293. The van der Waals surface area contributed by atoms with E-state index in [1.54, 1.807) is 18.2 Å². The van der Waals surface area contributed by atoms with Crippen LogP contribution < -0.4 is 5.32 Å². The molecule has 0 saturated carbocycles. The van der Waals surface area contributed by atoms with Crippen LogP contribution in [0.4, 0.5) is 0 Å². The molecule has 96 valence electrons. The van der Waals surface area contributed by atoms with Crippen molar-refractivity contribution in [1.82, 2.24) is 5.32 Å². The molecule has 0 atom stereocenters. The predicted octanol–water partition coefficient (Wildman–Crippen LogP) is 0.799. The van der Waals surface area contributed by atoms with Gasteiger partial charge < -0.3 is 20.6 Å². The molecule has 0 radical (unpaired) electrons. The maximum Gasteiger partial charge on any atom is 0.0884 e. The van der Waals surface area contributed by atoms with Gasteiger partial charge in [0.1, 0.15) is 0 Å². The highest BCUT2D eigenvalue weighted by molar-refractivity contribution is 6.33. The zero-order valence-corrected chi connectivity index (χ0v) is 10.7. The second-order valence-corrected chi connectivity index (χ2v) is 4.69. The molecular weight excluding hydrogens is 265 g/mol. The first kappa shape index (κ1) is 14.7. The number of halogens is 2. The van der Waals surface area contributed by atoms with E-state index in [1.165, 1.54) is 0 Å². The van der Waals surface area contributed by atoms with Crippen LogP contribution in [0, 0.1) is 0 Å². The summed E-state index contributed by atoms with van der Waals surface area (Å²) in [6, 6.07) is 5.03. The van der Waals surface area contributed by atoms with Crippen molar-refractivity contribution in [3.63, 3.8) is 0 Å². The molecule has 1 aromatic carbocycles. The lowest BCUT2D eigenvalue weighted by molar-refractivity contribution is 0.0414. The first-order valence-corrected chi connectivity index (χ1v) is 5.84. The quantitative estimate of drug-likeness (QED) is 0.622. The van der Waals surface area contributed by atoms with Crippen molar-refractivity contribution in [1.29, 1.82) is 0 Å². The lowest BCUT2D eigenvalue weighted by atomic mass is 10.0. The zero-order valence-electron chi connectivity index (χ0n) is 9.16. The van der Waals surface area contributed by atoms with Gasteiger partial charge >= 0.3 is 0 Å². The summed E-state index contributed by atoms with van der Waals surface area (Å²) in [5, 5.41) is 31.4. The lowest BCUT2D eigenvalue weighted by Crippen LogP contribution is -2.54. The monoisotopic (exact) mass is 279 g/mol. The van der Waals surface area contributed by atoms with Crippen molar-refractivity contribution in [3.8, 4) is 0 Å². The van der Waals surface area contributed by atoms with E-state index in [9.17, 15) is 0 Å². The van der Waals surface area contributed by atoms with Crippen molar-refractivity contribution in [2.45, 2.75) is 12.1 Å². The summed E-state index contributed by atoms with van der Waals surface area (Å²) in [5.74, 6) is 0. The largest absolute Gasteiger partial charge is 0.394 e. The third-order valence-corrected chi connectivity index (χ3v) is 3.17.